The fourth-order valence-electron chi connectivity index (χ4n) is 3.47. The summed E-state index contributed by atoms with van der Waals surface area (Å²) >= 11 is 1.45. The fourth-order valence-corrected chi connectivity index (χ4v) is 4.66. The summed E-state index contributed by atoms with van der Waals surface area (Å²) in [6.45, 7) is 4.34. The van der Waals surface area contributed by atoms with Gasteiger partial charge in [-0.15, -0.1) is 11.3 Å². The molecule has 0 unspecified atom stereocenters. The number of benzene rings is 2. The number of para-hydroxylation sites is 2. The monoisotopic (exact) mass is 406 g/mol. The van der Waals surface area contributed by atoms with Gasteiger partial charge < -0.3 is 15.0 Å². The molecule has 2 heterocycles. The average molecular weight is 407 g/mol. The Morgan fingerprint density at radius 1 is 1.10 bits per heavy atom. The molecule has 2 aromatic carbocycles. The number of ether oxygens (including phenoxy) is 1. The Kier molecular flexibility index (Phi) is 5.11. The van der Waals surface area contributed by atoms with Crippen molar-refractivity contribution in [1.29, 1.82) is 0 Å². The Morgan fingerprint density at radius 2 is 1.83 bits per heavy atom. The van der Waals surface area contributed by atoms with E-state index in [0.29, 0.717) is 11.5 Å². The standard InChI is InChI=1S/C23H22N2O3S/c1-14-7-6-8-15(2)21(14)24-20(26)12-25(3)23(27)19-11-16-13-28-18-10-5-4-9-17(18)22(16)29-19/h4-11H,12-13H2,1-3H3,(H,24,26). The van der Waals surface area contributed by atoms with Crippen LogP contribution in [-0.2, 0) is 11.4 Å². The number of aryl methyl sites for hydroxylation is 2. The quantitative estimate of drug-likeness (QED) is 0.687. The molecule has 1 N–H and O–H groups in total. The number of hydrogen-bond acceptors (Lipinski definition) is 4. The summed E-state index contributed by atoms with van der Waals surface area (Å²) in [5, 5.41) is 2.93. The summed E-state index contributed by atoms with van der Waals surface area (Å²) < 4.78 is 5.77. The maximum absolute atomic E-state index is 12.9. The largest absolute Gasteiger partial charge is 0.488 e. The lowest BCUT2D eigenvalue weighted by atomic mass is 10.1. The van der Waals surface area contributed by atoms with Gasteiger partial charge in [-0.25, -0.2) is 0 Å². The molecular weight excluding hydrogens is 384 g/mol. The zero-order valence-electron chi connectivity index (χ0n) is 16.6. The molecule has 1 aliphatic heterocycles. The minimum Gasteiger partial charge on any atom is -0.488 e. The Morgan fingerprint density at radius 3 is 2.59 bits per heavy atom. The molecular formula is C23H22N2O3S. The summed E-state index contributed by atoms with van der Waals surface area (Å²) in [6, 6.07) is 15.6. The van der Waals surface area contributed by atoms with E-state index in [2.05, 4.69) is 5.32 Å². The molecule has 0 saturated heterocycles. The van der Waals surface area contributed by atoms with Crippen LogP contribution in [0.2, 0.25) is 0 Å². The predicted octanol–water partition coefficient (Wildman–Crippen LogP) is 4.64. The van der Waals surface area contributed by atoms with Crippen LogP contribution in [0.25, 0.3) is 10.4 Å². The van der Waals surface area contributed by atoms with E-state index in [0.717, 1.165) is 38.6 Å². The van der Waals surface area contributed by atoms with Gasteiger partial charge >= 0.3 is 0 Å². The van der Waals surface area contributed by atoms with E-state index >= 15 is 0 Å². The van der Waals surface area contributed by atoms with Crippen LogP contribution in [-0.4, -0.2) is 30.3 Å². The molecule has 1 aliphatic rings. The highest BCUT2D eigenvalue weighted by atomic mass is 32.1. The minimum absolute atomic E-state index is 0.0116. The zero-order valence-corrected chi connectivity index (χ0v) is 17.4. The first-order valence-corrected chi connectivity index (χ1v) is 10.2. The van der Waals surface area contributed by atoms with Crippen molar-refractivity contribution in [3.8, 4) is 16.2 Å². The highest BCUT2D eigenvalue weighted by Crippen LogP contribution is 2.42. The number of fused-ring (bicyclic) bond motifs is 3. The fraction of sp³-hybridized carbons (Fsp3) is 0.217. The normalized spacial score (nSPS) is 11.8. The molecule has 0 radical (unpaired) electrons. The number of carbonyl (C=O) groups is 2. The van der Waals surface area contributed by atoms with Gasteiger partial charge in [-0.2, -0.15) is 0 Å². The SMILES string of the molecule is Cc1cccc(C)c1NC(=O)CN(C)C(=O)c1cc2c(s1)-c1ccccc1OC2. The van der Waals surface area contributed by atoms with Crippen LogP contribution in [0.5, 0.6) is 5.75 Å². The van der Waals surface area contributed by atoms with Gasteiger partial charge in [-0.1, -0.05) is 30.3 Å². The molecule has 0 spiro atoms. The van der Waals surface area contributed by atoms with Gasteiger partial charge in [-0.3, -0.25) is 9.59 Å². The second-order valence-electron chi connectivity index (χ2n) is 7.23. The van der Waals surface area contributed by atoms with Crippen molar-refractivity contribution >= 4 is 28.8 Å². The van der Waals surface area contributed by atoms with Crippen molar-refractivity contribution in [2.45, 2.75) is 20.5 Å². The lowest BCUT2D eigenvalue weighted by Crippen LogP contribution is -2.34. The molecule has 1 aromatic heterocycles. The molecule has 2 amide bonds. The molecule has 148 valence electrons. The van der Waals surface area contributed by atoms with Crippen LogP contribution in [0.15, 0.2) is 48.5 Å². The van der Waals surface area contributed by atoms with Crippen LogP contribution >= 0.6 is 11.3 Å². The van der Waals surface area contributed by atoms with Crippen LogP contribution in [0, 0.1) is 13.8 Å². The molecule has 3 aromatic rings. The van der Waals surface area contributed by atoms with E-state index in [1.165, 1.54) is 16.2 Å². The molecule has 0 fully saturated rings. The maximum atomic E-state index is 12.9. The average Bonchev–Trinajstić information content (AvgIpc) is 3.15. The first-order valence-electron chi connectivity index (χ1n) is 9.40. The molecule has 0 saturated carbocycles. The molecule has 4 rings (SSSR count). The second-order valence-corrected chi connectivity index (χ2v) is 8.28. The van der Waals surface area contributed by atoms with Crippen LogP contribution in [0.4, 0.5) is 5.69 Å². The number of rotatable bonds is 4. The van der Waals surface area contributed by atoms with Crippen LogP contribution in [0.3, 0.4) is 0 Å². The number of anilines is 1. The van der Waals surface area contributed by atoms with Crippen molar-refractivity contribution in [3.63, 3.8) is 0 Å². The van der Waals surface area contributed by atoms with Crippen molar-refractivity contribution in [3.05, 3.63) is 70.1 Å². The van der Waals surface area contributed by atoms with E-state index in [-0.39, 0.29) is 18.4 Å². The Balaban J connectivity index is 1.48. The third kappa shape index (κ3) is 3.76. The number of hydrogen-bond donors (Lipinski definition) is 1. The van der Waals surface area contributed by atoms with Gasteiger partial charge in [0, 0.05) is 28.7 Å². The first kappa shape index (κ1) is 19.2. The van der Waals surface area contributed by atoms with Gasteiger partial charge in [0.2, 0.25) is 5.91 Å². The molecule has 0 bridgehead atoms. The van der Waals surface area contributed by atoms with E-state index in [1.807, 2.05) is 62.4 Å². The predicted molar refractivity (Wildman–Crippen MR) is 116 cm³/mol. The number of nitrogens with zero attached hydrogens (tertiary/aromatic N) is 1. The summed E-state index contributed by atoms with van der Waals surface area (Å²) in [5.41, 5.74) is 4.81. The van der Waals surface area contributed by atoms with Gasteiger partial charge in [0.1, 0.15) is 12.4 Å². The highest BCUT2D eigenvalue weighted by Gasteiger charge is 2.24. The van der Waals surface area contributed by atoms with E-state index in [1.54, 1.807) is 7.05 Å². The minimum atomic E-state index is -0.215. The van der Waals surface area contributed by atoms with Crippen LogP contribution in [0.1, 0.15) is 26.4 Å². The molecule has 0 aliphatic carbocycles. The Labute approximate surface area is 173 Å². The highest BCUT2D eigenvalue weighted by molar-refractivity contribution is 7.17. The third-order valence-electron chi connectivity index (χ3n) is 5.01. The van der Waals surface area contributed by atoms with Gasteiger partial charge in [0.15, 0.2) is 0 Å². The Hall–Kier alpha value is -3.12. The van der Waals surface area contributed by atoms with Gasteiger partial charge in [-0.05, 0) is 43.2 Å². The smallest absolute Gasteiger partial charge is 0.264 e. The summed E-state index contributed by atoms with van der Waals surface area (Å²) in [5.74, 6) is 0.453. The number of carbonyl (C=O) groups excluding carboxylic acids is 2. The number of nitrogens with one attached hydrogen (secondary N) is 1. The molecule has 29 heavy (non-hydrogen) atoms. The van der Waals surface area contributed by atoms with E-state index in [9.17, 15) is 9.59 Å². The zero-order chi connectivity index (χ0) is 20.5. The third-order valence-corrected chi connectivity index (χ3v) is 6.21. The summed E-state index contributed by atoms with van der Waals surface area (Å²) in [7, 11) is 1.65. The topological polar surface area (TPSA) is 58.6 Å². The summed E-state index contributed by atoms with van der Waals surface area (Å²) in [6.07, 6.45) is 0. The lowest BCUT2D eigenvalue weighted by molar-refractivity contribution is -0.116. The molecule has 6 heteroatoms. The van der Waals surface area contributed by atoms with E-state index in [4.69, 9.17) is 4.74 Å². The van der Waals surface area contributed by atoms with Crippen molar-refractivity contribution in [2.75, 3.05) is 18.9 Å². The van der Waals surface area contributed by atoms with Crippen molar-refractivity contribution in [1.82, 2.24) is 4.90 Å². The van der Waals surface area contributed by atoms with E-state index < -0.39 is 0 Å². The Bertz CT molecular complexity index is 1080. The lowest BCUT2D eigenvalue weighted by Gasteiger charge is -2.17. The maximum Gasteiger partial charge on any atom is 0.264 e. The van der Waals surface area contributed by atoms with Crippen molar-refractivity contribution in [2.24, 2.45) is 0 Å². The summed E-state index contributed by atoms with van der Waals surface area (Å²) in [4.78, 5) is 28.5. The van der Waals surface area contributed by atoms with Gasteiger partial charge in [0.05, 0.1) is 11.4 Å². The second kappa shape index (κ2) is 7.72. The van der Waals surface area contributed by atoms with Crippen LogP contribution < -0.4 is 10.1 Å². The molecule has 0 atom stereocenters. The van der Waals surface area contributed by atoms with Crippen molar-refractivity contribution < 1.29 is 14.3 Å². The molecule has 5 nitrogen and oxygen atoms in total. The number of thiophene rings is 1. The first-order chi connectivity index (χ1) is 13.9. The van der Waals surface area contributed by atoms with Gasteiger partial charge in [0.25, 0.3) is 5.91 Å². The number of amides is 2. The number of likely N-dealkylation sites (N-methyl/N-ethyl adjacent to an activating group) is 1.